The van der Waals surface area contributed by atoms with Crippen molar-refractivity contribution in [3.05, 3.63) is 47.3 Å². The molecule has 1 aliphatic rings. The second-order valence-electron chi connectivity index (χ2n) is 6.74. The molecule has 2 heterocycles. The Labute approximate surface area is 162 Å². The number of hydrogen-bond acceptors (Lipinski definition) is 5. The number of ether oxygens (including phenoxy) is 1. The quantitative estimate of drug-likeness (QED) is 0.727. The smallest absolute Gasteiger partial charge is 0.236 e. The predicted molar refractivity (Wildman–Crippen MR) is 108 cm³/mol. The van der Waals surface area contributed by atoms with Crippen LogP contribution in [0.5, 0.6) is 11.5 Å². The van der Waals surface area contributed by atoms with Gasteiger partial charge in [-0.05, 0) is 36.1 Å². The summed E-state index contributed by atoms with van der Waals surface area (Å²) in [6, 6.07) is 11.8. The van der Waals surface area contributed by atoms with E-state index in [2.05, 4.69) is 33.8 Å². The number of carbonyl (C=O) groups excluding carboxylic acids is 1. The van der Waals surface area contributed by atoms with Crippen LogP contribution in [0.2, 0.25) is 0 Å². The number of amides is 1. The molecule has 0 fully saturated rings. The van der Waals surface area contributed by atoms with Gasteiger partial charge in [-0.1, -0.05) is 18.2 Å². The molecule has 27 heavy (non-hydrogen) atoms. The molecule has 0 bridgehead atoms. The summed E-state index contributed by atoms with van der Waals surface area (Å²) in [5.74, 6) is 0.639. The lowest BCUT2D eigenvalue weighted by Gasteiger charge is -2.25. The Hall–Kier alpha value is -2.57. The highest BCUT2D eigenvalue weighted by molar-refractivity contribution is 7.17. The molecule has 0 radical (unpaired) electrons. The van der Waals surface area contributed by atoms with E-state index in [0.717, 1.165) is 16.7 Å². The Morgan fingerprint density at radius 2 is 2.15 bits per heavy atom. The molecule has 0 saturated carbocycles. The molecule has 6 heteroatoms. The monoisotopic (exact) mass is 382 g/mol. The minimum Gasteiger partial charge on any atom is -0.504 e. The van der Waals surface area contributed by atoms with Crippen LogP contribution in [0.15, 0.2) is 41.8 Å². The summed E-state index contributed by atoms with van der Waals surface area (Å²) >= 11 is 1.69. The summed E-state index contributed by atoms with van der Waals surface area (Å²) in [7, 11) is 1.65. The van der Waals surface area contributed by atoms with Gasteiger partial charge in [-0.25, -0.2) is 0 Å². The number of likely N-dealkylation sites (N-methyl/N-ethyl adjacent to an activating group) is 1. The fourth-order valence-corrected chi connectivity index (χ4v) is 4.55. The first-order valence-corrected chi connectivity index (χ1v) is 9.87. The number of fused-ring (bicyclic) bond motifs is 2. The van der Waals surface area contributed by atoms with E-state index in [1.54, 1.807) is 24.5 Å². The Bertz CT molecular complexity index is 998. The molecular weight excluding hydrogens is 360 g/mol. The van der Waals surface area contributed by atoms with Crippen LogP contribution < -0.4 is 10.1 Å². The second-order valence-corrected chi connectivity index (χ2v) is 7.65. The van der Waals surface area contributed by atoms with Gasteiger partial charge in [-0.2, -0.15) is 0 Å². The van der Waals surface area contributed by atoms with Crippen molar-refractivity contribution in [1.29, 1.82) is 0 Å². The van der Waals surface area contributed by atoms with Gasteiger partial charge in [-0.3, -0.25) is 9.69 Å². The van der Waals surface area contributed by atoms with Crippen molar-refractivity contribution < 1.29 is 14.6 Å². The third-order valence-corrected chi connectivity index (χ3v) is 6.07. The first kappa shape index (κ1) is 17.8. The van der Waals surface area contributed by atoms with E-state index < -0.39 is 0 Å². The SMILES string of the molecule is CNC(=O)C(C)N1CCOc2c(O)cc(-c3csc4ccccc34)cc2C1. The van der Waals surface area contributed by atoms with Crippen molar-refractivity contribution in [2.24, 2.45) is 0 Å². The molecule has 1 atom stereocenters. The van der Waals surface area contributed by atoms with E-state index in [1.807, 2.05) is 19.1 Å². The number of rotatable bonds is 3. The van der Waals surface area contributed by atoms with Crippen molar-refractivity contribution in [2.75, 3.05) is 20.2 Å². The predicted octanol–water partition coefficient (Wildman–Crippen LogP) is 3.60. The van der Waals surface area contributed by atoms with E-state index in [4.69, 9.17) is 4.74 Å². The van der Waals surface area contributed by atoms with Crippen molar-refractivity contribution in [1.82, 2.24) is 10.2 Å². The van der Waals surface area contributed by atoms with Gasteiger partial charge in [-0.15, -0.1) is 11.3 Å². The largest absolute Gasteiger partial charge is 0.504 e. The Morgan fingerprint density at radius 3 is 2.96 bits per heavy atom. The van der Waals surface area contributed by atoms with Gasteiger partial charge >= 0.3 is 0 Å². The zero-order valence-electron chi connectivity index (χ0n) is 15.4. The molecule has 140 valence electrons. The number of phenols is 1. The van der Waals surface area contributed by atoms with Crippen LogP contribution in [0.1, 0.15) is 12.5 Å². The van der Waals surface area contributed by atoms with Crippen molar-refractivity contribution in [2.45, 2.75) is 19.5 Å². The third kappa shape index (κ3) is 3.26. The normalized spacial score (nSPS) is 15.6. The molecular formula is C21H22N2O3S. The minimum atomic E-state index is -0.266. The molecule has 5 nitrogen and oxygen atoms in total. The molecule has 0 aliphatic carbocycles. The molecule has 3 aromatic rings. The Balaban J connectivity index is 1.75. The van der Waals surface area contributed by atoms with Gasteiger partial charge in [0.05, 0.1) is 6.04 Å². The fraction of sp³-hybridized carbons (Fsp3) is 0.286. The average molecular weight is 382 g/mol. The first-order chi connectivity index (χ1) is 13.1. The minimum absolute atomic E-state index is 0.0253. The van der Waals surface area contributed by atoms with Gasteiger partial charge < -0.3 is 15.2 Å². The average Bonchev–Trinajstić information content (AvgIpc) is 2.99. The molecule has 1 amide bonds. The summed E-state index contributed by atoms with van der Waals surface area (Å²) in [5.41, 5.74) is 2.96. The summed E-state index contributed by atoms with van der Waals surface area (Å²) < 4.78 is 7.03. The second kappa shape index (κ2) is 7.21. The van der Waals surface area contributed by atoms with Gasteiger partial charge in [0.25, 0.3) is 0 Å². The van der Waals surface area contributed by atoms with Crippen LogP contribution in [0, 0.1) is 0 Å². The maximum atomic E-state index is 12.1. The number of thiophene rings is 1. The van der Waals surface area contributed by atoms with Crippen LogP contribution in [0.25, 0.3) is 21.2 Å². The molecule has 1 aliphatic heterocycles. The number of hydrogen-bond donors (Lipinski definition) is 2. The highest BCUT2D eigenvalue weighted by atomic mass is 32.1. The number of nitrogens with one attached hydrogen (secondary N) is 1. The fourth-order valence-electron chi connectivity index (χ4n) is 3.58. The van der Waals surface area contributed by atoms with E-state index in [1.165, 1.54) is 10.1 Å². The van der Waals surface area contributed by atoms with Gasteiger partial charge in [0.15, 0.2) is 11.5 Å². The molecule has 2 aromatic carbocycles. The molecule has 0 spiro atoms. The van der Waals surface area contributed by atoms with Crippen LogP contribution in [0.4, 0.5) is 0 Å². The topological polar surface area (TPSA) is 61.8 Å². The molecule has 4 rings (SSSR count). The first-order valence-electron chi connectivity index (χ1n) is 8.99. The van der Waals surface area contributed by atoms with E-state index in [0.29, 0.717) is 25.4 Å². The number of benzene rings is 2. The van der Waals surface area contributed by atoms with Crippen molar-refractivity contribution in [3.8, 4) is 22.6 Å². The van der Waals surface area contributed by atoms with Crippen molar-refractivity contribution >= 4 is 27.3 Å². The lowest BCUT2D eigenvalue weighted by molar-refractivity contribution is -0.125. The summed E-state index contributed by atoms with van der Waals surface area (Å²) in [6.07, 6.45) is 0. The summed E-state index contributed by atoms with van der Waals surface area (Å²) in [6.45, 7) is 3.50. The lowest BCUT2D eigenvalue weighted by atomic mass is 10.0. The van der Waals surface area contributed by atoms with Gasteiger partial charge in [0.1, 0.15) is 6.61 Å². The van der Waals surface area contributed by atoms with Crippen LogP contribution in [-0.4, -0.2) is 42.2 Å². The van der Waals surface area contributed by atoms with Crippen molar-refractivity contribution in [3.63, 3.8) is 0 Å². The van der Waals surface area contributed by atoms with Gasteiger partial charge in [0, 0.05) is 41.4 Å². The Morgan fingerprint density at radius 1 is 1.33 bits per heavy atom. The van der Waals surface area contributed by atoms with Gasteiger partial charge in [0.2, 0.25) is 5.91 Å². The molecule has 0 saturated heterocycles. The zero-order chi connectivity index (χ0) is 19.0. The number of phenolic OH excluding ortho intramolecular Hbond substituents is 1. The maximum absolute atomic E-state index is 12.1. The number of carbonyl (C=O) groups is 1. The zero-order valence-corrected chi connectivity index (χ0v) is 16.2. The van der Waals surface area contributed by atoms with Crippen LogP contribution in [-0.2, 0) is 11.3 Å². The van der Waals surface area contributed by atoms with Crippen LogP contribution >= 0.6 is 11.3 Å². The maximum Gasteiger partial charge on any atom is 0.236 e. The molecule has 2 N–H and O–H groups in total. The number of nitrogens with zero attached hydrogens (tertiary/aromatic N) is 1. The Kier molecular flexibility index (Phi) is 4.76. The van der Waals surface area contributed by atoms with E-state index >= 15 is 0 Å². The highest BCUT2D eigenvalue weighted by Crippen LogP contribution is 2.41. The van der Waals surface area contributed by atoms with E-state index in [-0.39, 0.29) is 17.7 Å². The third-order valence-electron chi connectivity index (χ3n) is 5.11. The molecule has 1 aromatic heterocycles. The summed E-state index contributed by atoms with van der Waals surface area (Å²) in [5, 5.41) is 16.6. The van der Waals surface area contributed by atoms with Crippen LogP contribution in [0.3, 0.4) is 0 Å². The lowest BCUT2D eigenvalue weighted by Crippen LogP contribution is -2.44. The van der Waals surface area contributed by atoms with E-state index in [9.17, 15) is 9.90 Å². The highest BCUT2D eigenvalue weighted by Gasteiger charge is 2.26. The standard InChI is InChI=1S/C21H22N2O3S/c1-13(21(25)22-2)23-7-8-26-20-15(11-23)9-14(10-18(20)24)17-12-27-19-6-4-3-5-16(17)19/h3-6,9-10,12-13,24H,7-8,11H2,1-2H3,(H,22,25). The number of aromatic hydroxyl groups is 1. The molecule has 1 unspecified atom stereocenters. The summed E-state index contributed by atoms with van der Waals surface area (Å²) in [4.78, 5) is 14.1.